The second-order valence-electron chi connectivity index (χ2n) is 6.05. The predicted octanol–water partition coefficient (Wildman–Crippen LogP) is 1.95. The lowest BCUT2D eigenvalue weighted by molar-refractivity contribution is 0.332. The first-order chi connectivity index (χ1) is 12.9. The van der Waals surface area contributed by atoms with Gasteiger partial charge in [0.25, 0.3) is 10.1 Å². The molecule has 0 amide bonds. The van der Waals surface area contributed by atoms with E-state index in [1.807, 2.05) is 6.07 Å². The van der Waals surface area contributed by atoms with E-state index < -0.39 is 10.1 Å². The molecule has 1 heterocycles. The van der Waals surface area contributed by atoms with Gasteiger partial charge >= 0.3 is 0 Å². The molecule has 3 aromatic carbocycles. The highest BCUT2D eigenvalue weighted by Gasteiger charge is 2.25. The number of rotatable bonds is 3. The van der Waals surface area contributed by atoms with Crippen LogP contribution < -0.4 is 25.9 Å². The Labute approximate surface area is 155 Å². The Morgan fingerprint density at radius 2 is 1.74 bits per heavy atom. The number of hydrogen-bond donors (Lipinski definition) is 2. The number of fused-ring (bicyclic) bond motifs is 2. The van der Waals surface area contributed by atoms with Crippen LogP contribution in [0.5, 0.6) is 17.2 Å². The lowest BCUT2D eigenvalue weighted by Gasteiger charge is -2.22. The summed E-state index contributed by atoms with van der Waals surface area (Å²) >= 11 is 0. The van der Waals surface area contributed by atoms with E-state index in [1.54, 1.807) is 48.5 Å². The van der Waals surface area contributed by atoms with Crippen LogP contribution in [0.1, 0.15) is 11.1 Å². The summed E-state index contributed by atoms with van der Waals surface area (Å²) in [6.07, 6.45) is 0. The molecule has 0 unspecified atom stereocenters. The number of benzene rings is 3. The van der Waals surface area contributed by atoms with E-state index in [0.29, 0.717) is 39.2 Å². The number of ether oxygens (including phenoxy) is 1. The third-order valence-electron chi connectivity index (χ3n) is 4.33. The largest absolute Gasteiger partial charge is 0.456 e. The van der Waals surface area contributed by atoms with Gasteiger partial charge in [-0.15, -0.1) is 0 Å². The van der Waals surface area contributed by atoms with Gasteiger partial charge in [-0.05, 0) is 29.5 Å². The monoisotopic (exact) mass is 381 g/mol. The van der Waals surface area contributed by atoms with E-state index in [4.69, 9.17) is 15.5 Å². The van der Waals surface area contributed by atoms with E-state index in [9.17, 15) is 13.0 Å². The molecule has 3 N–H and O–H groups in total. The second-order valence-corrected chi connectivity index (χ2v) is 7.44. The molecule has 0 aliphatic carbocycles. The van der Waals surface area contributed by atoms with Crippen LogP contribution in [0.4, 0.5) is 0 Å². The molecule has 136 valence electrons. The Morgan fingerprint density at radius 1 is 0.963 bits per heavy atom. The van der Waals surface area contributed by atoms with Crippen LogP contribution in [-0.4, -0.2) is 13.0 Å². The molecule has 0 saturated carbocycles. The highest BCUT2D eigenvalue weighted by Crippen LogP contribution is 2.39. The van der Waals surface area contributed by atoms with Crippen molar-refractivity contribution in [3.63, 3.8) is 0 Å². The van der Waals surface area contributed by atoms with Crippen LogP contribution in [0.15, 0.2) is 65.6 Å². The molecule has 0 radical (unpaired) electrons. The standard InChI is InChI=1S/C20H15NO5S/c1-12-6-8-14-17(10-12)25-18-11-13(26-21)7-9-15(18)20(14)16-4-2-3-5-19(16)27(22,23)24/h2-11H,1,21H2,(H,22,23,24). The summed E-state index contributed by atoms with van der Waals surface area (Å²) in [6, 6.07) is 16.6. The molecule has 0 atom stereocenters. The van der Waals surface area contributed by atoms with Gasteiger partial charge in [-0.25, -0.2) is 0 Å². The third-order valence-corrected chi connectivity index (χ3v) is 5.24. The maximum atomic E-state index is 11.9. The Kier molecular flexibility index (Phi) is 4.00. The molecule has 27 heavy (non-hydrogen) atoms. The Morgan fingerprint density at radius 3 is 2.48 bits per heavy atom. The average molecular weight is 381 g/mol. The minimum absolute atomic E-state index is 0.184. The summed E-state index contributed by atoms with van der Waals surface area (Å²) in [5.74, 6) is 6.61. The van der Waals surface area contributed by atoms with Crippen LogP contribution in [-0.2, 0) is 10.1 Å². The van der Waals surface area contributed by atoms with Crippen molar-refractivity contribution in [2.24, 2.45) is 5.90 Å². The van der Waals surface area contributed by atoms with Gasteiger partial charge < -0.3 is 9.57 Å². The summed E-state index contributed by atoms with van der Waals surface area (Å²) in [5.41, 5.74) is 1.63. The topological polar surface area (TPSA) is 98.9 Å². The molecule has 4 rings (SSSR count). The first-order valence-electron chi connectivity index (χ1n) is 7.98. The molecule has 1 aliphatic heterocycles. The maximum Gasteiger partial charge on any atom is 0.295 e. The van der Waals surface area contributed by atoms with Crippen molar-refractivity contribution in [3.05, 3.63) is 82.2 Å². The van der Waals surface area contributed by atoms with E-state index in [0.717, 1.165) is 5.22 Å². The summed E-state index contributed by atoms with van der Waals surface area (Å²) in [5, 5.41) is 1.43. The van der Waals surface area contributed by atoms with Gasteiger partial charge in [-0.2, -0.15) is 14.3 Å². The molecule has 0 spiro atoms. The highest BCUT2D eigenvalue weighted by atomic mass is 32.2. The molecule has 0 saturated heterocycles. The van der Waals surface area contributed by atoms with Crippen molar-refractivity contribution in [3.8, 4) is 17.2 Å². The first-order valence-corrected chi connectivity index (χ1v) is 9.42. The molecule has 6 nitrogen and oxygen atoms in total. The SMILES string of the molecule is C=c1ccc2c(c1)Oc1cc(ON)ccc1C=2c1ccccc1S(=O)(=O)O. The molecule has 0 aromatic heterocycles. The van der Waals surface area contributed by atoms with E-state index >= 15 is 0 Å². The fourth-order valence-electron chi connectivity index (χ4n) is 3.18. The van der Waals surface area contributed by atoms with Gasteiger partial charge in [-0.1, -0.05) is 36.9 Å². The first kappa shape index (κ1) is 17.3. The van der Waals surface area contributed by atoms with Crippen LogP contribution in [0, 0.1) is 0 Å². The smallest absolute Gasteiger partial charge is 0.295 e. The Balaban J connectivity index is 2.15. The third kappa shape index (κ3) is 2.97. The van der Waals surface area contributed by atoms with Crippen LogP contribution in [0.2, 0.25) is 0 Å². The molecule has 7 heteroatoms. The average Bonchev–Trinajstić information content (AvgIpc) is 2.64. The van der Waals surface area contributed by atoms with Gasteiger partial charge in [0.05, 0.1) is 0 Å². The van der Waals surface area contributed by atoms with Gasteiger partial charge in [0.1, 0.15) is 16.4 Å². The maximum absolute atomic E-state index is 11.9. The molecular weight excluding hydrogens is 366 g/mol. The van der Waals surface area contributed by atoms with Crippen molar-refractivity contribution >= 4 is 22.3 Å². The molecule has 0 bridgehead atoms. The van der Waals surface area contributed by atoms with E-state index in [-0.39, 0.29) is 4.90 Å². The Bertz CT molecular complexity index is 1280. The van der Waals surface area contributed by atoms with Crippen molar-refractivity contribution in [2.45, 2.75) is 4.90 Å². The fourth-order valence-corrected chi connectivity index (χ4v) is 3.88. The summed E-state index contributed by atoms with van der Waals surface area (Å²) in [6.45, 7) is 3.90. The quantitative estimate of drug-likeness (QED) is 0.416. The predicted molar refractivity (Wildman–Crippen MR) is 100 cm³/mol. The van der Waals surface area contributed by atoms with E-state index in [1.165, 1.54) is 6.07 Å². The molecule has 3 aromatic rings. The summed E-state index contributed by atoms with van der Waals surface area (Å²) < 4.78 is 39.6. The zero-order chi connectivity index (χ0) is 19.2. The fraction of sp³-hybridized carbons (Fsp3) is 0. The van der Waals surface area contributed by atoms with Crippen LogP contribution in [0.3, 0.4) is 0 Å². The van der Waals surface area contributed by atoms with Gasteiger partial charge in [0.15, 0.2) is 5.75 Å². The van der Waals surface area contributed by atoms with Crippen LogP contribution in [0.25, 0.3) is 12.2 Å². The van der Waals surface area contributed by atoms with Crippen molar-refractivity contribution in [1.82, 2.24) is 0 Å². The Hall–Kier alpha value is -3.13. The van der Waals surface area contributed by atoms with Gasteiger partial charge in [-0.3, -0.25) is 4.55 Å². The normalized spacial score (nSPS) is 12.7. The molecular formula is C20H15NO5S. The molecule has 0 fully saturated rings. The number of hydrogen-bond acceptors (Lipinski definition) is 5. The van der Waals surface area contributed by atoms with Crippen molar-refractivity contribution < 1.29 is 22.5 Å². The minimum atomic E-state index is -4.43. The van der Waals surface area contributed by atoms with Crippen molar-refractivity contribution in [2.75, 3.05) is 0 Å². The lowest BCUT2D eigenvalue weighted by Crippen LogP contribution is -2.20. The zero-order valence-electron chi connectivity index (χ0n) is 14.0. The van der Waals surface area contributed by atoms with Crippen LogP contribution >= 0.6 is 0 Å². The molecule has 1 aliphatic rings. The van der Waals surface area contributed by atoms with Gasteiger partial charge in [0, 0.05) is 28.0 Å². The zero-order valence-corrected chi connectivity index (χ0v) is 14.9. The highest BCUT2D eigenvalue weighted by molar-refractivity contribution is 7.86. The summed E-state index contributed by atoms with van der Waals surface area (Å²) in [7, 11) is -4.43. The second kappa shape index (κ2) is 6.24. The van der Waals surface area contributed by atoms with Gasteiger partial charge in [0.2, 0.25) is 0 Å². The number of nitrogens with two attached hydrogens (primary N) is 1. The lowest BCUT2D eigenvalue weighted by atomic mass is 9.92. The minimum Gasteiger partial charge on any atom is -0.456 e. The van der Waals surface area contributed by atoms with E-state index in [2.05, 4.69) is 6.58 Å². The van der Waals surface area contributed by atoms with Crippen molar-refractivity contribution in [1.29, 1.82) is 0 Å². The summed E-state index contributed by atoms with van der Waals surface area (Å²) in [4.78, 5) is 4.59.